The van der Waals surface area contributed by atoms with Gasteiger partial charge in [0.2, 0.25) is 0 Å². The Labute approximate surface area is 310 Å². The Hall–Kier alpha value is -0.590. The van der Waals surface area contributed by atoms with E-state index in [0.717, 1.165) is 96.0 Å². The van der Waals surface area contributed by atoms with E-state index in [-0.39, 0.29) is 18.5 Å². The van der Waals surface area contributed by atoms with Crippen LogP contribution in [0.15, 0.2) is 0 Å². The normalized spacial score (nSPS) is 12.2. The molecule has 0 saturated carbocycles. The molecule has 0 rings (SSSR count). The molecule has 0 aromatic carbocycles. The fourth-order valence-corrected chi connectivity index (χ4v) is 7.55. The number of carbonyl (C=O) groups is 2. The Bertz CT molecular complexity index is 691. The lowest BCUT2D eigenvalue weighted by molar-refractivity contribution is -0.149. The molecule has 0 radical (unpaired) electrons. The van der Waals surface area contributed by atoms with Crippen LogP contribution in [0.2, 0.25) is 0 Å². The molecule has 1 atom stereocenters. The fourth-order valence-electron chi connectivity index (χ4n) is 6.69. The van der Waals surface area contributed by atoms with Crippen molar-refractivity contribution < 1.29 is 19.4 Å². The first-order chi connectivity index (χ1) is 24.1. The highest BCUT2D eigenvalue weighted by Gasteiger charge is 2.19. The fraction of sp³-hybridized carbons (Fsp3) is 0.953. The first kappa shape index (κ1) is 48.4. The van der Waals surface area contributed by atoms with Crippen molar-refractivity contribution in [3.8, 4) is 0 Å². The zero-order valence-electron chi connectivity index (χ0n) is 33.3. The van der Waals surface area contributed by atoms with Crippen LogP contribution in [0, 0.1) is 5.92 Å². The van der Waals surface area contributed by atoms with Gasteiger partial charge in [0.15, 0.2) is 5.12 Å². The van der Waals surface area contributed by atoms with Gasteiger partial charge in [0.1, 0.15) is 0 Å². The van der Waals surface area contributed by atoms with Gasteiger partial charge >= 0.3 is 5.97 Å². The molecule has 5 nitrogen and oxygen atoms in total. The van der Waals surface area contributed by atoms with E-state index in [1.165, 1.54) is 128 Å². The summed E-state index contributed by atoms with van der Waals surface area (Å²) in [5, 5.41) is 9.65. The van der Waals surface area contributed by atoms with Gasteiger partial charge in [-0.1, -0.05) is 167 Å². The van der Waals surface area contributed by atoms with Crippen LogP contribution in [0.3, 0.4) is 0 Å². The van der Waals surface area contributed by atoms with Gasteiger partial charge in [0, 0.05) is 18.8 Å². The second kappa shape index (κ2) is 40.2. The van der Waals surface area contributed by atoms with Gasteiger partial charge in [0.25, 0.3) is 0 Å². The minimum absolute atomic E-state index is 0.0628. The van der Waals surface area contributed by atoms with E-state index in [1.54, 1.807) is 11.8 Å². The summed E-state index contributed by atoms with van der Waals surface area (Å²) in [5.41, 5.74) is 0. The second-order valence-electron chi connectivity index (χ2n) is 14.8. The maximum atomic E-state index is 13.0. The number of unbranched alkanes of at least 4 members (excludes halogenated alkanes) is 22. The molecule has 0 fully saturated rings. The number of hydrogen-bond acceptors (Lipinski definition) is 6. The molecule has 0 saturated heterocycles. The highest BCUT2D eigenvalue weighted by molar-refractivity contribution is 8.13. The summed E-state index contributed by atoms with van der Waals surface area (Å²) in [4.78, 5) is 27.7. The molecule has 1 unspecified atom stereocenters. The lowest BCUT2D eigenvalue weighted by atomic mass is 9.94. The van der Waals surface area contributed by atoms with E-state index in [2.05, 4.69) is 25.7 Å². The summed E-state index contributed by atoms with van der Waals surface area (Å²) in [6.07, 6.45) is 36.7. The highest BCUT2D eigenvalue weighted by Crippen LogP contribution is 2.21. The minimum atomic E-state index is 0.0628. The lowest BCUT2D eigenvalue weighted by Crippen LogP contribution is -2.27. The molecule has 0 aliphatic heterocycles. The van der Waals surface area contributed by atoms with Crippen LogP contribution >= 0.6 is 11.8 Å². The third kappa shape index (κ3) is 35.6. The third-order valence-corrected chi connectivity index (χ3v) is 11.0. The second-order valence-corrected chi connectivity index (χ2v) is 16.0. The van der Waals surface area contributed by atoms with Gasteiger partial charge in [-0.15, -0.1) is 0 Å². The summed E-state index contributed by atoms with van der Waals surface area (Å²) in [6.45, 7) is 10.9. The molecule has 0 heterocycles. The summed E-state index contributed by atoms with van der Waals surface area (Å²) < 4.78 is 5.82. The maximum absolute atomic E-state index is 13.0. The molecule has 0 bridgehead atoms. The minimum Gasteiger partial charge on any atom is -0.465 e. The van der Waals surface area contributed by atoms with Crippen molar-refractivity contribution in [1.29, 1.82) is 0 Å². The van der Waals surface area contributed by atoms with Crippen LogP contribution in [0.1, 0.15) is 220 Å². The molecule has 49 heavy (non-hydrogen) atoms. The van der Waals surface area contributed by atoms with E-state index in [4.69, 9.17) is 4.74 Å². The van der Waals surface area contributed by atoms with Crippen LogP contribution in [0.25, 0.3) is 0 Å². The molecule has 6 heteroatoms. The van der Waals surface area contributed by atoms with E-state index < -0.39 is 0 Å². The van der Waals surface area contributed by atoms with Crippen molar-refractivity contribution in [2.75, 3.05) is 38.6 Å². The van der Waals surface area contributed by atoms with Gasteiger partial charge in [-0.25, -0.2) is 0 Å². The number of rotatable bonds is 40. The number of thioether (sulfide) groups is 1. The molecule has 292 valence electrons. The largest absolute Gasteiger partial charge is 0.465 e. The Kier molecular flexibility index (Phi) is 39.7. The van der Waals surface area contributed by atoms with Gasteiger partial charge < -0.3 is 14.7 Å². The summed E-state index contributed by atoms with van der Waals surface area (Å²) >= 11 is 1.56. The van der Waals surface area contributed by atoms with Crippen LogP contribution in [-0.4, -0.2) is 59.7 Å². The third-order valence-electron chi connectivity index (χ3n) is 10.0. The van der Waals surface area contributed by atoms with Crippen LogP contribution in [0.5, 0.6) is 0 Å². The standard InChI is InChI=1S/C43H85NO4S/c1-4-7-10-13-15-18-25-34-42(46)49-40-31-22-20-27-36-44(37-28-29-38-45)35-26-19-21-30-39-48-43(47)41(32-23-16-12-9-6-3)33-24-17-14-11-8-5-2/h41,45H,4-40H2,1-3H3. The number of esters is 1. The molecule has 0 aromatic heterocycles. The molecule has 0 spiro atoms. The molecule has 0 amide bonds. The van der Waals surface area contributed by atoms with Crippen LogP contribution in [0.4, 0.5) is 0 Å². The van der Waals surface area contributed by atoms with Gasteiger partial charge in [-0.3, -0.25) is 9.59 Å². The van der Waals surface area contributed by atoms with Crippen LogP contribution in [-0.2, 0) is 14.3 Å². The lowest BCUT2D eigenvalue weighted by Gasteiger charge is -2.22. The Morgan fingerprint density at radius 2 is 0.959 bits per heavy atom. The average molecular weight is 712 g/mol. The number of ether oxygens (including phenoxy) is 1. The zero-order chi connectivity index (χ0) is 35.9. The van der Waals surface area contributed by atoms with Crippen molar-refractivity contribution in [2.24, 2.45) is 5.92 Å². The number of hydrogen-bond donors (Lipinski definition) is 1. The number of nitrogens with zero attached hydrogens (tertiary/aromatic N) is 1. The van der Waals surface area contributed by atoms with E-state index in [1.807, 2.05) is 0 Å². The number of carbonyl (C=O) groups excluding carboxylic acids is 2. The topological polar surface area (TPSA) is 66.8 Å². The Balaban J connectivity index is 4.12. The highest BCUT2D eigenvalue weighted by atomic mass is 32.2. The van der Waals surface area contributed by atoms with E-state index >= 15 is 0 Å². The number of aliphatic hydroxyl groups excluding tert-OH is 1. The molecule has 1 N–H and O–H groups in total. The van der Waals surface area contributed by atoms with Crippen molar-refractivity contribution in [2.45, 2.75) is 220 Å². The van der Waals surface area contributed by atoms with Gasteiger partial charge in [-0.05, 0) is 77.4 Å². The molecular weight excluding hydrogens is 627 g/mol. The molecule has 0 aromatic rings. The van der Waals surface area contributed by atoms with Crippen molar-refractivity contribution in [3.63, 3.8) is 0 Å². The molecule has 0 aliphatic rings. The Morgan fingerprint density at radius 1 is 0.531 bits per heavy atom. The van der Waals surface area contributed by atoms with Crippen molar-refractivity contribution >= 4 is 22.8 Å². The smallest absolute Gasteiger partial charge is 0.308 e. The molecule has 0 aliphatic carbocycles. The van der Waals surface area contributed by atoms with E-state index in [9.17, 15) is 14.7 Å². The number of aliphatic hydroxyl groups is 1. The monoisotopic (exact) mass is 712 g/mol. The first-order valence-corrected chi connectivity index (χ1v) is 22.7. The Morgan fingerprint density at radius 3 is 1.49 bits per heavy atom. The van der Waals surface area contributed by atoms with Gasteiger partial charge in [-0.2, -0.15) is 0 Å². The predicted octanol–water partition coefficient (Wildman–Crippen LogP) is 12.9. The maximum Gasteiger partial charge on any atom is 0.308 e. The summed E-state index contributed by atoms with van der Waals surface area (Å²) in [6, 6.07) is 0. The average Bonchev–Trinajstić information content (AvgIpc) is 3.10. The summed E-state index contributed by atoms with van der Waals surface area (Å²) in [7, 11) is 0. The van der Waals surface area contributed by atoms with Gasteiger partial charge in [0.05, 0.1) is 12.5 Å². The van der Waals surface area contributed by atoms with E-state index in [0.29, 0.717) is 11.7 Å². The SMILES string of the molecule is CCCCCCCCCC(=O)SCCCCCCN(CCCCO)CCCCCCOC(=O)C(CCCCCCC)CCCCCCCC. The summed E-state index contributed by atoms with van der Waals surface area (Å²) in [5.74, 6) is 1.14. The first-order valence-electron chi connectivity index (χ1n) is 21.7. The predicted molar refractivity (Wildman–Crippen MR) is 216 cm³/mol. The quantitative estimate of drug-likeness (QED) is 0.0504. The van der Waals surface area contributed by atoms with Crippen molar-refractivity contribution in [3.05, 3.63) is 0 Å². The van der Waals surface area contributed by atoms with Crippen LogP contribution < -0.4 is 0 Å². The molecular formula is C43H85NO4S. The van der Waals surface area contributed by atoms with Crippen molar-refractivity contribution in [1.82, 2.24) is 4.90 Å². The zero-order valence-corrected chi connectivity index (χ0v) is 34.1.